The van der Waals surface area contributed by atoms with Crippen LogP contribution < -0.4 is 11.1 Å². The summed E-state index contributed by atoms with van der Waals surface area (Å²) in [6, 6.07) is 0.0777. The van der Waals surface area contributed by atoms with E-state index in [1.54, 1.807) is 0 Å². The summed E-state index contributed by atoms with van der Waals surface area (Å²) in [7, 11) is 0. The predicted octanol–water partition coefficient (Wildman–Crippen LogP) is -1.01. The first-order valence-corrected chi connectivity index (χ1v) is 3.87. The molecular weight excluding hydrogens is 144 g/mol. The van der Waals surface area contributed by atoms with Crippen LogP contribution in [-0.2, 0) is 9.53 Å². The Morgan fingerprint density at radius 2 is 2.36 bits per heavy atom. The van der Waals surface area contributed by atoms with Crippen LogP contribution in [0, 0.1) is 0 Å². The second kappa shape index (κ2) is 2.19. The molecule has 0 aromatic carbocycles. The Labute approximate surface area is 65.1 Å². The van der Waals surface area contributed by atoms with E-state index in [1.165, 1.54) is 0 Å². The third-order valence-electron chi connectivity index (χ3n) is 2.50. The minimum atomic E-state index is -0.213. The summed E-state index contributed by atoms with van der Waals surface area (Å²) >= 11 is 0. The van der Waals surface area contributed by atoms with Gasteiger partial charge < -0.3 is 15.8 Å². The summed E-state index contributed by atoms with van der Waals surface area (Å²) in [4.78, 5) is 11.0. The van der Waals surface area contributed by atoms with Crippen LogP contribution in [0.25, 0.3) is 0 Å². The van der Waals surface area contributed by atoms with Gasteiger partial charge in [-0.1, -0.05) is 0 Å². The van der Waals surface area contributed by atoms with E-state index >= 15 is 0 Å². The fourth-order valence-electron chi connectivity index (χ4n) is 1.60. The highest BCUT2D eigenvalue weighted by molar-refractivity contribution is 5.78. The van der Waals surface area contributed by atoms with E-state index in [0.717, 1.165) is 6.42 Å². The molecule has 0 bridgehead atoms. The first-order valence-electron chi connectivity index (χ1n) is 3.87. The van der Waals surface area contributed by atoms with E-state index < -0.39 is 0 Å². The van der Waals surface area contributed by atoms with E-state index in [-0.39, 0.29) is 17.5 Å². The average molecular weight is 156 g/mol. The van der Waals surface area contributed by atoms with E-state index in [1.807, 2.05) is 0 Å². The highest BCUT2D eigenvalue weighted by Gasteiger charge is 2.47. The van der Waals surface area contributed by atoms with Gasteiger partial charge in [-0.05, 0) is 6.42 Å². The number of piperidine rings is 1. The molecule has 62 valence electrons. The molecular formula is C7H12N2O2. The number of ether oxygens (including phenoxy) is 1. The molecule has 0 saturated carbocycles. The predicted molar refractivity (Wildman–Crippen MR) is 38.9 cm³/mol. The maximum atomic E-state index is 11.0. The van der Waals surface area contributed by atoms with Crippen LogP contribution in [0.2, 0.25) is 0 Å². The molecule has 2 aliphatic heterocycles. The van der Waals surface area contributed by atoms with Crippen molar-refractivity contribution in [2.75, 3.05) is 13.2 Å². The molecule has 1 spiro atoms. The van der Waals surface area contributed by atoms with Gasteiger partial charge in [-0.15, -0.1) is 0 Å². The monoisotopic (exact) mass is 156 g/mol. The molecule has 0 aliphatic carbocycles. The van der Waals surface area contributed by atoms with Crippen LogP contribution in [0.5, 0.6) is 0 Å². The highest BCUT2D eigenvalue weighted by Crippen LogP contribution is 2.26. The second-order valence-corrected chi connectivity index (χ2v) is 3.34. The van der Waals surface area contributed by atoms with Gasteiger partial charge >= 0.3 is 0 Å². The standard InChI is InChI=1S/C7H12N2O2/c8-5-1-2-6(10)9-7(5)3-11-4-7/h5H,1-4,8H2,(H,9,10). The summed E-state index contributed by atoms with van der Waals surface area (Å²) in [6.45, 7) is 1.17. The SMILES string of the molecule is NC1CCC(=O)NC12COC2. The molecule has 2 saturated heterocycles. The summed E-state index contributed by atoms with van der Waals surface area (Å²) in [5.41, 5.74) is 5.63. The molecule has 2 rings (SSSR count). The van der Waals surface area contributed by atoms with Gasteiger partial charge in [0.25, 0.3) is 0 Å². The number of hydrogen-bond acceptors (Lipinski definition) is 3. The molecule has 1 amide bonds. The van der Waals surface area contributed by atoms with Gasteiger partial charge in [0.2, 0.25) is 5.91 Å². The molecule has 2 aliphatic rings. The van der Waals surface area contributed by atoms with E-state index in [0.29, 0.717) is 19.6 Å². The van der Waals surface area contributed by atoms with Crippen LogP contribution in [0.1, 0.15) is 12.8 Å². The molecule has 4 heteroatoms. The van der Waals surface area contributed by atoms with Crippen molar-refractivity contribution in [3.63, 3.8) is 0 Å². The number of hydrogen-bond donors (Lipinski definition) is 2. The summed E-state index contributed by atoms with van der Waals surface area (Å²) in [5, 5.41) is 2.89. The van der Waals surface area contributed by atoms with Crippen molar-refractivity contribution in [1.29, 1.82) is 0 Å². The number of carbonyl (C=O) groups is 1. The topological polar surface area (TPSA) is 64.4 Å². The molecule has 0 aromatic rings. The smallest absolute Gasteiger partial charge is 0.220 e. The molecule has 2 heterocycles. The van der Waals surface area contributed by atoms with Gasteiger partial charge in [0.1, 0.15) is 5.54 Å². The Morgan fingerprint density at radius 3 is 2.82 bits per heavy atom. The number of rotatable bonds is 0. The fourth-order valence-corrected chi connectivity index (χ4v) is 1.60. The molecule has 1 atom stereocenters. The van der Waals surface area contributed by atoms with Gasteiger partial charge in [0.05, 0.1) is 13.2 Å². The first-order chi connectivity index (χ1) is 5.23. The lowest BCUT2D eigenvalue weighted by Gasteiger charge is -2.48. The molecule has 2 fully saturated rings. The molecule has 0 aromatic heterocycles. The van der Waals surface area contributed by atoms with Crippen molar-refractivity contribution in [3.05, 3.63) is 0 Å². The van der Waals surface area contributed by atoms with Crippen LogP contribution in [0.3, 0.4) is 0 Å². The van der Waals surface area contributed by atoms with Crippen LogP contribution >= 0.6 is 0 Å². The van der Waals surface area contributed by atoms with Crippen molar-refractivity contribution in [1.82, 2.24) is 5.32 Å². The lowest BCUT2D eigenvalue weighted by molar-refractivity contribution is -0.141. The normalized spacial score (nSPS) is 34.6. The minimum Gasteiger partial charge on any atom is -0.376 e. The van der Waals surface area contributed by atoms with Crippen molar-refractivity contribution in [2.45, 2.75) is 24.4 Å². The zero-order valence-electron chi connectivity index (χ0n) is 6.30. The van der Waals surface area contributed by atoms with Crippen LogP contribution in [-0.4, -0.2) is 30.7 Å². The third-order valence-corrected chi connectivity index (χ3v) is 2.50. The Kier molecular flexibility index (Phi) is 1.40. The van der Waals surface area contributed by atoms with Gasteiger partial charge in [0.15, 0.2) is 0 Å². The van der Waals surface area contributed by atoms with Crippen molar-refractivity contribution >= 4 is 5.91 Å². The average Bonchev–Trinajstić information content (AvgIpc) is 1.91. The second-order valence-electron chi connectivity index (χ2n) is 3.34. The molecule has 11 heavy (non-hydrogen) atoms. The summed E-state index contributed by atoms with van der Waals surface area (Å²) in [6.07, 6.45) is 1.35. The maximum Gasteiger partial charge on any atom is 0.220 e. The van der Waals surface area contributed by atoms with E-state index in [2.05, 4.69) is 5.32 Å². The van der Waals surface area contributed by atoms with Gasteiger partial charge in [0, 0.05) is 12.5 Å². The molecule has 3 N–H and O–H groups in total. The molecule has 0 radical (unpaired) electrons. The van der Waals surface area contributed by atoms with Gasteiger partial charge in [-0.3, -0.25) is 4.79 Å². The first kappa shape index (κ1) is 7.06. The van der Waals surface area contributed by atoms with Crippen molar-refractivity contribution in [2.24, 2.45) is 5.73 Å². The maximum absolute atomic E-state index is 11.0. The van der Waals surface area contributed by atoms with Crippen molar-refractivity contribution < 1.29 is 9.53 Å². The van der Waals surface area contributed by atoms with Gasteiger partial charge in [-0.25, -0.2) is 0 Å². The zero-order valence-corrected chi connectivity index (χ0v) is 6.30. The Balaban J connectivity index is 2.10. The third kappa shape index (κ3) is 0.937. The highest BCUT2D eigenvalue weighted by atomic mass is 16.5. The Hall–Kier alpha value is -0.610. The Bertz CT molecular complexity index is 189. The largest absolute Gasteiger partial charge is 0.376 e. The Morgan fingerprint density at radius 1 is 1.64 bits per heavy atom. The minimum absolute atomic E-state index is 0.0777. The molecule has 4 nitrogen and oxygen atoms in total. The summed E-state index contributed by atoms with van der Waals surface area (Å²) in [5.74, 6) is 0.106. The number of carbonyl (C=O) groups excluding carboxylic acids is 1. The summed E-state index contributed by atoms with van der Waals surface area (Å²) < 4.78 is 5.04. The van der Waals surface area contributed by atoms with E-state index in [4.69, 9.17) is 10.5 Å². The van der Waals surface area contributed by atoms with Crippen LogP contribution in [0.4, 0.5) is 0 Å². The number of nitrogens with one attached hydrogen (secondary N) is 1. The fraction of sp³-hybridized carbons (Fsp3) is 0.857. The van der Waals surface area contributed by atoms with E-state index in [9.17, 15) is 4.79 Å². The molecule has 1 unspecified atom stereocenters. The quantitative estimate of drug-likeness (QED) is 0.472. The van der Waals surface area contributed by atoms with Gasteiger partial charge in [-0.2, -0.15) is 0 Å². The van der Waals surface area contributed by atoms with Crippen LogP contribution in [0.15, 0.2) is 0 Å². The zero-order chi connectivity index (χ0) is 7.90. The number of amides is 1. The van der Waals surface area contributed by atoms with Crippen molar-refractivity contribution in [3.8, 4) is 0 Å². The lowest BCUT2D eigenvalue weighted by Crippen LogP contribution is -2.73. The lowest BCUT2D eigenvalue weighted by atomic mass is 9.82. The number of nitrogens with two attached hydrogens (primary N) is 1.